The lowest BCUT2D eigenvalue weighted by Gasteiger charge is -2.16. The molecule has 0 saturated carbocycles. The van der Waals surface area contributed by atoms with E-state index in [9.17, 15) is 4.79 Å². The molecule has 4 heteroatoms. The molecule has 0 heterocycles. The van der Waals surface area contributed by atoms with Gasteiger partial charge in [0.2, 0.25) is 0 Å². The first kappa shape index (κ1) is 14.7. The van der Waals surface area contributed by atoms with Gasteiger partial charge in [-0.1, -0.05) is 30.3 Å². The van der Waals surface area contributed by atoms with Crippen LogP contribution >= 0.6 is 0 Å². The first-order valence-corrected chi connectivity index (χ1v) is 6.09. The minimum Gasteiger partial charge on any atom is -0.458 e. The Kier molecular flexibility index (Phi) is 7.06. The molecule has 1 rings (SSSR count). The lowest BCUT2D eigenvalue weighted by molar-refractivity contribution is -0.153. The van der Waals surface area contributed by atoms with E-state index in [-0.39, 0.29) is 12.1 Å². The van der Waals surface area contributed by atoms with Gasteiger partial charge in [-0.3, -0.25) is 4.79 Å². The molecule has 1 aromatic rings. The van der Waals surface area contributed by atoms with Crippen molar-refractivity contribution in [3.8, 4) is 0 Å². The zero-order chi connectivity index (χ0) is 13.2. The van der Waals surface area contributed by atoms with Gasteiger partial charge in [0.05, 0.1) is 19.8 Å². The third kappa shape index (κ3) is 6.37. The van der Waals surface area contributed by atoms with Gasteiger partial charge in [0.25, 0.3) is 0 Å². The molecule has 0 aliphatic heterocycles. The molecule has 0 aromatic heterocycles. The molecule has 0 unspecified atom stereocenters. The van der Waals surface area contributed by atoms with E-state index in [1.807, 2.05) is 37.3 Å². The highest BCUT2D eigenvalue weighted by Gasteiger charge is 2.12. The molecule has 0 spiro atoms. The number of ether oxygens (including phenoxy) is 3. The number of benzene rings is 1. The molecule has 1 aromatic carbocycles. The summed E-state index contributed by atoms with van der Waals surface area (Å²) in [5.74, 6) is -0.317. The minimum absolute atomic E-state index is 0.317. The third-order valence-electron chi connectivity index (χ3n) is 2.26. The number of rotatable bonds is 8. The maximum absolute atomic E-state index is 10.9. The van der Waals surface area contributed by atoms with Gasteiger partial charge in [-0.05, 0) is 12.5 Å². The molecule has 0 fully saturated rings. The van der Waals surface area contributed by atoms with Crippen molar-refractivity contribution in [2.75, 3.05) is 19.8 Å². The predicted molar refractivity (Wildman–Crippen MR) is 68.1 cm³/mol. The van der Waals surface area contributed by atoms with E-state index in [0.717, 1.165) is 5.56 Å². The highest BCUT2D eigenvalue weighted by molar-refractivity contribution is 5.66. The van der Waals surface area contributed by atoms with Crippen molar-refractivity contribution in [1.29, 1.82) is 0 Å². The standard InChI is InChI=1S/C14H20O4/c1-3-16-10-14(18-12(2)15)11-17-9-13-7-5-4-6-8-13/h4-8,14H,3,9-11H2,1-2H3/t14-/m0/s1. The monoisotopic (exact) mass is 252 g/mol. The second-order valence-electron chi connectivity index (χ2n) is 3.89. The molecule has 0 bridgehead atoms. The topological polar surface area (TPSA) is 44.8 Å². The number of carbonyl (C=O) groups excluding carboxylic acids is 1. The van der Waals surface area contributed by atoms with Crippen LogP contribution in [0.4, 0.5) is 0 Å². The average Bonchev–Trinajstić information content (AvgIpc) is 2.36. The second-order valence-corrected chi connectivity index (χ2v) is 3.89. The number of esters is 1. The highest BCUT2D eigenvalue weighted by Crippen LogP contribution is 2.03. The van der Waals surface area contributed by atoms with Crippen LogP contribution in [-0.2, 0) is 25.6 Å². The first-order chi connectivity index (χ1) is 8.72. The van der Waals surface area contributed by atoms with E-state index < -0.39 is 0 Å². The van der Waals surface area contributed by atoms with Crippen molar-refractivity contribution in [2.45, 2.75) is 26.6 Å². The maximum Gasteiger partial charge on any atom is 0.303 e. The quantitative estimate of drug-likeness (QED) is 0.665. The van der Waals surface area contributed by atoms with E-state index in [4.69, 9.17) is 14.2 Å². The van der Waals surface area contributed by atoms with Gasteiger partial charge >= 0.3 is 5.97 Å². The molecular formula is C14H20O4. The maximum atomic E-state index is 10.9. The Labute approximate surface area is 108 Å². The van der Waals surface area contributed by atoms with Gasteiger partial charge in [-0.15, -0.1) is 0 Å². The summed E-state index contributed by atoms with van der Waals surface area (Å²) in [6.07, 6.45) is -0.342. The zero-order valence-corrected chi connectivity index (χ0v) is 10.9. The SMILES string of the molecule is CCOC[C@@H](COCc1ccccc1)OC(C)=O. The number of hydrogen-bond donors (Lipinski definition) is 0. The van der Waals surface area contributed by atoms with Crippen LogP contribution in [0.3, 0.4) is 0 Å². The van der Waals surface area contributed by atoms with E-state index in [0.29, 0.717) is 26.4 Å². The van der Waals surface area contributed by atoms with Crippen molar-refractivity contribution < 1.29 is 19.0 Å². The van der Waals surface area contributed by atoms with Crippen molar-refractivity contribution in [3.63, 3.8) is 0 Å². The van der Waals surface area contributed by atoms with Gasteiger partial charge in [-0.25, -0.2) is 0 Å². The van der Waals surface area contributed by atoms with Crippen LogP contribution in [-0.4, -0.2) is 31.9 Å². The molecule has 0 N–H and O–H groups in total. The fourth-order valence-electron chi connectivity index (χ4n) is 1.48. The molecular weight excluding hydrogens is 232 g/mol. The van der Waals surface area contributed by atoms with Crippen LogP contribution in [0.25, 0.3) is 0 Å². The summed E-state index contributed by atoms with van der Waals surface area (Å²) in [6.45, 7) is 5.09. The molecule has 0 saturated heterocycles. The van der Waals surface area contributed by atoms with E-state index in [1.54, 1.807) is 0 Å². The fraction of sp³-hybridized carbons (Fsp3) is 0.500. The fourth-order valence-corrected chi connectivity index (χ4v) is 1.48. The van der Waals surface area contributed by atoms with E-state index in [1.165, 1.54) is 6.92 Å². The molecule has 100 valence electrons. The number of carbonyl (C=O) groups is 1. The Morgan fingerprint density at radius 1 is 1.17 bits per heavy atom. The minimum atomic E-state index is -0.342. The Morgan fingerprint density at radius 2 is 1.83 bits per heavy atom. The molecule has 0 aliphatic rings. The summed E-state index contributed by atoms with van der Waals surface area (Å²) in [7, 11) is 0. The van der Waals surface area contributed by atoms with Gasteiger partial charge in [0.15, 0.2) is 0 Å². The first-order valence-electron chi connectivity index (χ1n) is 6.09. The van der Waals surface area contributed by atoms with Crippen LogP contribution in [0.15, 0.2) is 30.3 Å². The summed E-state index contributed by atoms with van der Waals surface area (Å²) in [4.78, 5) is 10.9. The van der Waals surface area contributed by atoms with E-state index >= 15 is 0 Å². The number of hydrogen-bond acceptors (Lipinski definition) is 4. The van der Waals surface area contributed by atoms with Crippen LogP contribution in [0, 0.1) is 0 Å². The summed E-state index contributed by atoms with van der Waals surface area (Å²) in [5, 5.41) is 0. The lowest BCUT2D eigenvalue weighted by Crippen LogP contribution is -2.27. The zero-order valence-electron chi connectivity index (χ0n) is 10.9. The third-order valence-corrected chi connectivity index (χ3v) is 2.26. The van der Waals surface area contributed by atoms with Crippen molar-refractivity contribution >= 4 is 5.97 Å². The summed E-state index contributed by atoms with van der Waals surface area (Å²) < 4.78 is 15.9. The van der Waals surface area contributed by atoms with Crippen LogP contribution in [0.5, 0.6) is 0 Å². The lowest BCUT2D eigenvalue weighted by atomic mass is 10.2. The second kappa shape index (κ2) is 8.66. The van der Waals surface area contributed by atoms with Crippen LogP contribution < -0.4 is 0 Å². The van der Waals surface area contributed by atoms with Crippen molar-refractivity contribution in [1.82, 2.24) is 0 Å². The predicted octanol–water partition coefficient (Wildman–Crippen LogP) is 2.17. The van der Waals surface area contributed by atoms with Gasteiger partial charge in [0.1, 0.15) is 6.10 Å². The summed E-state index contributed by atoms with van der Waals surface area (Å²) in [5.41, 5.74) is 1.09. The Morgan fingerprint density at radius 3 is 2.44 bits per heavy atom. The highest BCUT2D eigenvalue weighted by atomic mass is 16.6. The Bertz CT molecular complexity index is 337. The molecule has 0 amide bonds. The Balaban J connectivity index is 2.30. The largest absolute Gasteiger partial charge is 0.458 e. The van der Waals surface area contributed by atoms with E-state index in [2.05, 4.69) is 0 Å². The molecule has 0 aliphatic carbocycles. The van der Waals surface area contributed by atoms with Crippen LogP contribution in [0.1, 0.15) is 19.4 Å². The normalized spacial score (nSPS) is 12.1. The van der Waals surface area contributed by atoms with Gasteiger partial charge in [0, 0.05) is 13.5 Å². The van der Waals surface area contributed by atoms with Gasteiger partial charge in [-0.2, -0.15) is 0 Å². The van der Waals surface area contributed by atoms with Gasteiger partial charge < -0.3 is 14.2 Å². The Hall–Kier alpha value is -1.39. The van der Waals surface area contributed by atoms with Crippen LogP contribution in [0.2, 0.25) is 0 Å². The van der Waals surface area contributed by atoms with Crippen molar-refractivity contribution in [3.05, 3.63) is 35.9 Å². The summed E-state index contributed by atoms with van der Waals surface area (Å²) >= 11 is 0. The molecule has 18 heavy (non-hydrogen) atoms. The molecule has 1 atom stereocenters. The molecule has 0 radical (unpaired) electrons. The smallest absolute Gasteiger partial charge is 0.303 e. The molecule has 4 nitrogen and oxygen atoms in total. The van der Waals surface area contributed by atoms with Crippen molar-refractivity contribution in [2.24, 2.45) is 0 Å². The summed E-state index contributed by atoms with van der Waals surface area (Å²) in [6, 6.07) is 9.86. The average molecular weight is 252 g/mol.